The summed E-state index contributed by atoms with van der Waals surface area (Å²) in [7, 11) is 1.91. The number of aromatic hydroxyl groups is 1. The van der Waals surface area contributed by atoms with Gasteiger partial charge in [-0.3, -0.25) is 9.59 Å². The van der Waals surface area contributed by atoms with Gasteiger partial charge in [0.05, 0.1) is 24.9 Å². The van der Waals surface area contributed by atoms with E-state index in [1.165, 1.54) is 13.8 Å². The number of amides is 1. The molecule has 10 heteroatoms. The van der Waals surface area contributed by atoms with Crippen molar-refractivity contribution in [3.8, 4) is 5.75 Å². The van der Waals surface area contributed by atoms with Crippen molar-refractivity contribution >= 4 is 17.6 Å². The van der Waals surface area contributed by atoms with E-state index < -0.39 is 30.4 Å². The molecule has 0 radical (unpaired) electrons. The van der Waals surface area contributed by atoms with E-state index in [-0.39, 0.29) is 30.5 Å². The average Bonchev–Trinajstić information content (AvgIpc) is 2.98. The van der Waals surface area contributed by atoms with Gasteiger partial charge in [-0.05, 0) is 54.9 Å². The third-order valence-corrected chi connectivity index (χ3v) is 7.52. The molecule has 0 unspecified atom stereocenters. The third kappa shape index (κ3) is 8.62. The first-order valence-corrected chi connectivity index (χ1v) is 14.3. The fraction of sp³-hybridized carbons (Fsp3) is 0.394. The van der Waals surface area contributed by atoms with Crippen LogP contribution in [0.15, 0.2) is 72.8 Å². The molecule has 230 valence electrons. The number of nitrogens with one attached hydrogen (secondary N) is 1. The Balaban J connectivity index is 1.51. The summed E-state index contributed by atoms with van der Waals surface area (Å²) < 4.78 is 17.9. The minimum atomic E-state index is -0.925. The van der Waals surface area contributed by atoms with Crippen LogP contribution in [0, 0.1) is 5.92 Å². The molecule has 1 saturated heterocycles. The number of rotatable bonds is 11. The number of anilines is 1. The molecular weight excluding hydrogens is 552 g/mol. The van der Waals surface area contributed by atoms with Gasteiger partial charge in [-0.2, -0.15) is 0 Å². The predicted octanol–water partition coefficient (Wildman–Crippen LogP) is 4.23. The number of esters is 1. The van der Waals surface area contributed by atoms with Gasteiger partial charge in [0.2, 0.25) is 0 Å². The summed E-state index contributed by atoms with van der Waals surface area (Å²) in [5.74, 6) is -0.932. The van der Waals surface area contributed by atoms with Crippen LogP contribution in [0.1, 0.15) is 61.5 Å². The Morgan fingerprint density at radius 3 is 2.33 bits per heavy atom. The van der Waals surface area contributed by atoms with Crippen molar-refractivity contribution in [2.24, 2.45) is 5.92 Å². The van der Waals surface area contributed by atoms with Gasteiger partial charge >= 0.3 is 5.97 Å². The number of phenolic OH excluding ortho intramolecular Hbond substituents is 1. The summed E-state index contributed by atoms with van der Waals surface area (Å²) in [6.45, 7) is 5.60. The first-order valence-electron chi connectivity index (χ1n) is 14.3. The number of hydrogen-bond donors (Lipinski definition) is 4. The minimum absolute atomic E-state index is 0.0510. The number of likely N-dealkylation sites (N-methyl/N-ethyl adjacent to an activating group) is 1. The van der Waals surface area contributed by atoms with Crippen molar-refractivity contribution in [2.45, 2.75) is 58.1 Å². The minimum Gasteiger partial charge on any atom is -0.508 e. The summed E-state index contributed by atoms with van der Waals surface area (Å²) in [6, 6.07) is 21.3. The van der Waals surface area contributed by atoms with Crippen molar-refractivity contribution in [1.29, 1.82) is 0 Å². The molecule has 0 aromatic heterocycles. The van der Waals surface area contributed by atoms with Crippen LogP contribution >= 0.6 is 0 Å². The van der Waals surface area contributed by atoms with Crippen LogP contribution in [0.4, 0.5) is 5.69 Å². The van der Waals surface area contributed by atoms with Crippen molar-refractivity contribution in [2.75, 3.05) is 25.5 Å². The Morgan fingerprint density at radius 1 is 1.02 bits per heavy atom. The Labute approximate surface area is 251 Å². The molecule has 0 bridgehead atoms. The molecule has 0 spiro atoms. The van der Waals surface area contributed by atoms with Crippen LogP contribution in [0.3, 0.4) is 0 Å². The lowest BCUT2D eigenvalue weighted by Gasteiger charge is -2.42. The van der Waals surface area contributed by atoms with Crippen LogP contribution < -0.4 is 5.32 Å². The van der Waals surface area contributed by atoms with E-state index in [0.717, 1.165) is 16.7 Å². The molecule has 4 rings (SSSR count). The Hall–Kier alpha value is -3.80. The lowest BCUT2D eigenvalue weighted by Crippen LogP contribution is -2.44. The lowest BCUT2D eigenvalue weighted by atomic mass is 9.90. The molecule has 1 aliphatic heterocycles. The Bertz CT molecular complexity index is 1360. The largest absolute Gasteiger partial charge is 0.508 e. The maximum Gasteiger partial charge on any atom is 0.303 e. The highest BCUT2D eigenvalue weighted by Crippen LogP contribution is 2.42. The quantitative estimate of drug-likeness (QED) is 0.241. The van der Waals surface area contributed by atoms with E-state index in [2.05, 4.69) is 12.2 Å². The van der Waals surface area contributed by atoms with E-state index in [1.807, 2.05) is 48.3 Å². The average molecular weight is 593 g/mol. The standard InChI is InChI=1S/C33H40N2O8/c1-20-30(18-35(4)17-29(39)26-6-5-7-28(38)16-26)42-33(43-31(20)24-10-8-23(19-36)9-11-24)25-12-14-27(15-13-25)34-32(40)21(2)41-22(3)37/h5-16,20-21,29-31,33,36,38-39H,17-19H2,1-4H3,(H,34,40)/t20-,21+,29-,30+,31+,33+/m1/s1. The van der Waals surface area contributed by atoms with Crippen LogP contribution in [-0.2, 0) is 30.4 Å². The number of phenols is 1. The fourth-order valence-electron chi connectivity index (χ4n) is 5.11. The zero-order valence-corrected chi connectivity index (χ0v) is 24.8. The molecule has 3 aromatic carbocycles. The first kappa shape index (κ1) is 32.1. The maximum absolute atomic E-state index is 12.4. The second-order valence-corrected chi connectivity index (χ2v) is 11.0. The molecule has 3 aromatic rings. The van der Waals surface area contributed by atoms with Gasteiger partial charge in [-0.1, -0.05) is 55.5 Å². The fourth-order valence-corrected chi connectivity index (χ4v) is 5.11. The van der Waals surface area contributed by atoms with Crippen molar-refractivity contribution in [3.05, 3.63) is 95.1 Å². The molecule has 43 heavy (non-hydrogen) atoms. The Morgan fingerprint density at radius 2 is 1.70 bits per heavy atom. The van der Waals surface area contributed by atoms with Gasteiger partial charge in [0.25, 0.3) is 5.91 Å². The van der Waals surface area contributed by atoms with Crippen LogP contribution in [0.2, 0.25) is 0 Å². The van der Waals surface area contributed by atoms with Crippen molar-refractivity contribution in [1.82, 2.24) is 4.90 Å². The summed E-state index contributed by atoms with van der Waals surface area (Å²) in [6.07, 6.45) is -3.02. The molecular formula is C33H40N2O8. The smallest absolute Gasteiger partial charge is 0.303 e. The molecule has 6 atom stereocenters. The molecule has 1 amide bonds. The van der Waals surface area contributed by atoms with Gasteiger partial charge in [0, 0.05) is 37.2 Å². The second-order valence-electron chi connectivity index (χ2n) is 11.0. The van der Waals surface area contributed by atoms with Crippen molar-refractivity contribution < 1.29 is 39.1 Å². The highest BCUT2D eigenvalue weighted by atomic mass is 16.7. The zero-order valence-electron chi connectivity index (χ0n) is 24.8. The molecule has 1 aliphatic rings. The number of aliphatic hydroxyl groups excluding tert-OH is 2. The van der Waals surface area contributed by atoms with Crippen LogP contribution in [-0.4, -0.2) is 64.4 Å². The van der Waals surface area contributed by atoms with Gasteiger partial charge in [-0.15, -0.1) is 0 Å². The van der Waals surface area contributed by atoms with Gasteiger partial charge in [0.1, 0.15) is 5.75 Å². The van der Waals surface area contributed by atoms with Crippen molar-refractivity contribution in [3.63, 3.8) is 0 Å². The van der Waals surface area contributed by atoms with E-state index in [9.17, 15) is 24.9 Å². The van der Waals surface area contributed by atoms with Gasteiger partial charge < -0.3 is 39.7 Å². The normalized spacial score (nSPS) is 21.7. The lowest BCUT2D eigenvalue weighted by molar-refractivity contribution is -0.276. The number of carbonyl (C=O) groups excluding carboxylic acids is 2. The predicted molar refractivity (Wildman–Crippen MR) is 160 cm³/mol. The third-order valence-electron chi connectivity index (χ3n) is 7.52. The second kappa shape index (κ2) is 14.6. The molecule has 1 fully saturated rings. The molecule has 10 nitrogen and oxygen atoms in total. The van der Waals surface area contributed by atoms with Gasteiger partial charge in [-0.25, -0.2) is 0 Å². The first-order chi connectivity index (χ1) is 20.5. The van der Waals surface area contributed by atoms with E-state index in [0.29, 0.717) is 24.3 Å². The molecule has 0 aliphatic carbocycles. The van der Waals surface area contributed by atoms with Crippen LogP contribution in [0.5, 0.6) is 5.75 Å². The highest BCUT2D eigenvalue weighted by molar-refractivity contribution is 5.94. The number of aliphatic hydroxyl groups is 2. The number of carbonyl (C=O) groups is 2. The summed E-state index contributed by atoms with van der Waals surface area (Å²) in [5.41, 5.74) is 3.67. The number of ether oxygens (including phenoxy) is 3. The molecule has 1 heterocycles. The molecule has 0 saturated carbocycles. The summed E-state index contributed by atoms with van der Waals surface area (Å²) >= 11 is 0. The number of hydrogen-bond acceptors (Lipinski definition) is 9. The molecule has 4 N–H and O–H groups in total. The number of nitrogens with zero attached hydrogens (tertiary/aromatic N) is 1. The van der Waals surface area contributed by atoms with Crippen LogP contribution in [0.25, 0.3) is 0 Å². The SMILES string of the molecule is CC(=O)O[C@@H](C)C(=O)Nc1ccc([C@H]2O[C@@H](CN(C)C[C@@H](O)c3cccc(O)c3)[C@@H](C)[C@@H](c3ccc(CO)cc3)O2)cc1. The van der Waals surface area contributed by atoms with E-state index >= 15 is 0 Å². The highest BCUT2D eigenvalue weighted by Gasteiger charge is 2.39. The Kier molecular flexibility index (Phi) is 10.9. The van der Waals surface area contributed by atoms with E-state index in [1.54, 1.807) is 36.4 Å². The monoisotopic (exact) mass is 592 g/mol. The maximum atomic E-state index is 12.4. The zero-order chi connectivity index (χ0) is 31.1. The summed E-state index contributed by atoms with van der Waals surface area (Å²) in [4.78, 5) is 25.5. The number of benzene rings is 3. The van der Waals surface area contributed by atoms with Gasteiger partial charge in [0.15, 0.2) is 12.4 Å². The summed E-state index contributed by atoms with van der Waals surface area (Å²) in [5, 5.41) is 32.8. The topological polar surface area (TPSA) is 138 Å². The van der Waals surface area contributed by atoms with E-state index in [4.69, 9.17) is 14.2 Å².